The van der Waals surface area contributed by atoms with Gasteiger partial charge in [0.25, 0.3) is 0 Å². The van der Waals surface area contributed by atoms with Gasteiger partial charge >= 0.3 is 0 Å². The van der Waals surface area contributed by atoms with Crippen molar-refractivity contribution in [3.63, 3.8) is 0 Å². The first-order valence-corrected chi connectivity index (χ1v) is 3.80. The number of aromatic nitrogens is 2. The average molecular weight is 212 g/mol. The van der Waals surface area contributed by atoms with Crippen molar-refractivity contribution in [2.24, 2.45) is 5.84 Å². The molecule has 6 heteroatoms. The Labute approximate surface area is 86.6 Å². The summed E-state index contributed by atoms with van der Waals surface area (Å²) in [6.07, 6.45) is 1.71. The highest BCUT2D eigenvalue weighted by Crippen LogP contribution is 2.12. The minimum atomic E-state index is 0. The lowest BCUT2D eigenvalue weighted by Crippen LogP contribution is -2.29. The first kappa shape index (κ1) is 10.5. The van der Waals surface area contributed by atoms with Gasteiger partial charge in [0.1, 0.15) is 5.84 Å². The number of halogens is 1. The van der Waals surface area contributed by atoms with Crippen LogP contribution in [0.3, 0.4) is 0 Å². The summed E-state index contributed by atoms with van der Waals surface area (Å²) in [5.74, 6) is 5.32. The van der Waals surface area contributed by atoms with E-state index in [1.807, 2.05) is 18.2 Å². The third kappa shape index (κ3) is 1.68. The molecule has 0 aliphatic rings. The maximum atomic E-state index is 7.44. The predicted molar refractivity (Wildman–Crippen MR) is 57.5 cm³/mol. The van der Waals surface area contributed by atoms with Crippen LogP contribution in [0.15, 0.2) is 24.4 Å². The molecule has 0 unspecified atom stereocenters. The molecule has 0 aliphatic carbocycles. The van der Waals surface area contributed by atoms with Gasteiger partial charge in [-0.25, -0.2) is 5.84 Å². The highest BCUT2D eigenvalue weighted by Gasteiger charge is 2.01. The minimum absolute atomic E-state index is 0. The first-order chi connectivity index (χ1) is 6.31. The van der Waals surface area contributed by atoms with E-state index in [-0.39, 0.29) is 18.2 Å². The standard InChI is InChI=1S/C8H9N5.ClH/c9-8(12-10)5-1-2-7-6(3-5)4-11-13-7;/h1-4H,10H2,(H2,9,12)(H,11,13);1H. The molecule has 74 valence electrons. The molecule has 0 aliphatic heterocycles. The molecule has 1 aromatic heterocycles. The van der Waals surface area contributed by atoms with Gasteiger partial charge in [-0.1, -0.05) is 0 Å². The molecule has 2 rings (SSSR count). The van der Waals surface area contributed by atoms with Crippen LogP contribution >= 0.6 is 12.4 Å². The van der Waals surface area contributed by atoms with Crippen LogP contribution in [-0.2, 0) is 0 Å². The molecule has 0 fully saturated rings. The van der Waals surface area contributed by atoms with Gasteiger partial charge in [-0.2, -0.15) is 5.10 Å². The van der Waals surface area contributed by atoms with Crippen molar-refractivity contribution in [2.75, 3.05) is 0 Å². The molecule has 0 radical (unpaired) electrons. The number of H-pyrrole nitrogens is 1. The number of fused-ring (bicyclic) bond motifs is 1. The summed E-state index contributed by atoms with van der Waals surface area (Å²) in [6, 6.07) is 5.52. The summed E-state index contributed by atoms with van der Waals surface area (Å²) in [7, 11) is 0. The zero-order chi connectivity index (χ0) is 9.26. The van der Waals surface area contributed by atoms with Crippen LogP contribution in [0.4, 0.5) is 0 Å². The quantitative estimate of drug-likeness (QED) is 0.243. The number of nitrogens with two attached hydrogens (primary N) is 1. The number of rotatable bonds is 1. The fraction of sp³-hybridized carbons (Fsp3) is 0. The number of hydrogen-bond donors (Lipinski definition) is 4. The molecule has 0 saturated carbocycles. The van der Waals surface area contributed by atoms with Crippen LogP contribution < -0.4 is 11.3 Å². The fourth-order valence-corrected chi connectivity index (χ4v) is 1.18. The summed E-state index contributed by atoms with van der Waals surface area (Å²) in [4.78, 5) is 0. The van der Waals surface area contributed by atoms with Crippen molar-refractivity contribution < 1.29 is 0 Å². The van der Waals surface area contributed by atoms with Crippen molar-refractivity contribution in [3.8, 4) is 0 Å². The number of nitrogens with zero attached hydrogens (tertiary/aromatic N) is 1. The summed E-state index contributed by atoms with van der Waals surface area (Å²) in [5, 5.41) is 15.1. The summed E-state index contributed by atoms with van der Waals surface area (Å²) in [5.41, 5.74) is 3.99. The lowest BCUT2D eigenvalue weighted by molar-refractivity contribution is 1.01. The van der Waals surface area contributed by atoms with Crippen molar-refractivity contribution >= 4 is 29.1 Å². The van der Waals surface area contributed by atoms with E-state index in [4.69, 9.17) is 11.3 Å². The van der Waals surface area contributed by atoms with E-state index in [2.05, 4.69) is 15.6 Å². The normalized spacial score (nSPS) is 9.50. The molecule has 2 aromatic rings. The number of benzene rings is 1. The van der Waals surface area contributed by atoms with Gasteiger partial charge in [-0.15, -0.1) is 12.4 Å². The molecule has 0 spiro atoms. The molecule has 0 amide bonds. The Kier molecular flexibility index (Phi) is 3.06. The number of nitrogens with one attached hydrogen (secondary N) is 3. The Balaban J connectivity index is 0.000000980. The second-order valence-corrected chi connectivity index (χ2v) is 2.69. The van der Waals surface area contributed by atoms with E-state index < -0.39 is 0 Å². The van der Waals surface area contributed by atoms with E-state index in [0.717, 1.165) is 16.5 Å². The maximum absolute atomic E-state index is 7.44. The van der Waals surface area contributed by atoms with Gasteiger partial charge in [-0.05, 0) is 18.2 Å². The Bertz CT molecular complexity index is 450. The third-order valence-corrected chi connectivity index (χ3v) is 1.87. The number of aromatic amines is 1. The Morgan fingerprint density at radius 3 is 3.00 bits per heavy atom. The lowest BCUT2D eigenvalue weighted by Gasteiger charge is -2.01. The average Bonchev–Trinajstić information content (AvgIpc) is 2.63. The smallest absolute Gasteiger partial charge is 0.139 e. The van der Waals surface area contributed by atoms with Crippen molar-refractivity contribution in [2.45, 2.75) is 0 Å². The largest absolute Gasteiger partial charge is 0.308 e. The van der Waals surface area contributed by atoms with Crippen LogP contribution in [0.2, 0.25) is 0 Å². The predicted octanol–water partition coefficient (Wildman–Crippen LogP) is 0.773. The molecule has 0 atom stereocenters. The second-order valence-electron chi connectivity index (χ2n) is 2.69. The van der Waals surface area contributed by atoms with E-state index in [0.29, 0.717) is 0 Å². The van der Waals surface area contributed by atoms with E-state index >= 15 is 0 Å². The van der Waals surface area contributed by atoms with E-state index in [9.17, 15) is 0 Å². The van der Waals surface area contributed by atoms with Gasteiger partial charge in [0.15, 0.2) is 0 Å². The topological polar surface area (TPSA) is 90.6 Å². The Hall–Kier alpha value is -1.59. The van der Waals surface area contributed by atoms with Gasteiger partial charge in [0.05, 0.1) is 11.7 Å². The van der Waals surface area contributed by atoms with Gasteiger partial charge in [-0.3, -0.25) is 10.5 Å². The van der Waals surface area contributed by atoms with Crippen LogP contribution in [0.25, 0.3) is 10.9 Å². The Morgan fingerprint density at radius 1 is 1.50 bits per heavy atom. The molecule has 5 nitrogen and oxygen atoms in total. The highest BCUT2D eigenvalue weighted by molar-refractivity contribution is 5.99. The minimum Gasteiger partial charge on any atom is -0.308 e. The molecule has 14 heavy (non-hydrogen) atoms. The zero-order valence-corrected chi connectivity index (χ0v) is 8.06. The number of hydrazine groups is 1. The summed E-state index contributed by atoms with van der Waals surface area (Å²) >= 11 is 0. The summed E-state index contributed by atoms with van der Waals surface area (Å²) < 4.78 is 0. The van der Waals surface area contributed by atoms with Crippen molar-refractivity contribution in [1.82, 2.24) is 15.6 Å². The molecule has 1 aromatic carbocycles. The number of hydrogen-bond acceptors (Lipinski definition) is 3. The first-order valence-electron chi connectivity index (χ1n) is 3.80. The van der Waals surface area contributed by atoms with Gasteiger partial charge in [0.2, 0.25) is 0 Å². The maximum Gasteiger partial charge on any atom is 0.139 e. The molecule has 0 saturated heterocycles. The van der Waals surface area contributed by atoms with Gasteiger partial charge in [0, 0.05) is 10.9 Å². The monoisotopic (exact) mass is 211 g/mol. The van der Waals surface area contributed by atoms with Crippen molar-refractivity contribution in [1.29, 1.82) is 5.41 Å². The molecule has 5 N–H and O–H groups in total. The molecule has 0 bridgehead atoms. The van der Waals surface area contributed by atoms with E-state index in [1.54, 1.807) is 6.20 Å². The van der Waals surface area contributed by atoms with Gasteiger partial charge < -0.3 is 5.43 Å². The Morgan fingerprint density at radius 2 is 2.29 bits per heavy atom. The van der Waals surface area contributed by atoms with Crippen molar-refractivity contribution in [3.05, 3.63) is 30.0 Å². The fourth-order valence-electron chi connectivity index (χ4n) is 1.18. The highest BCUT2D eigenvalue weighted by atomic mass is 35.5. The molecular weight excluding hydrogens is 202 g/mol. The second kappa shape index (κ2) is 4.08. The van der Waals surface area contributed by atoms with Crippen LogP contribution in [0.1, 0.15) is 5.56 Å². The third-order valence-electron chi connectivity index (χ3n) is 1.87. The van der Waals surface area contributed by atoms with Crippen LogP contribution in [0.5, 0.6) is 0 Å². The van der Waals surface area contributed by atoms with Crippen LogP contribution in [0, 0.1) is 5.41 Å². The molecular formula is C8H10ClN5. The lowest BCUT2D eigenvalue weighted by atomic mass is 10.1. The SMILES string of the molecule is Cl.N=C(NN)c1ccc2[nH]ncc2c1. The summed E-state index contributed by atoms with van der Waals surface area (Å²) in [6.45, 7) is 0. The number of amidine groups is 1. The molecule has 1 heterocycles. The van der Waals surface area contributed by atoms with Crippen LogP contribution in [-0.4, -0.2) is 16.0 Å². The van der Waals surface area contributed by atoms with E-state index in [1.165, 1.54) is 0 Å². The zero-order valence-electron chi connectivity index (χ0n) is 7.24.